The van der Waals surface area contributed by atoms with E-state index in [0.717, 1.165) is 6.07 Å². The van der Waals surface area contributed by atoms with Crippen molar-refractivity contribution in [3.8, 4) is 11.3 Å². The highest BCUT2D eigenvalue weighted by atomic mass is 79.9. The van der Waals surface area contributed by atoms with Gasteiger partial charge in [0.25, 0.3) is 0 Å². The summed E-state index contributed by atoms with van der Waals surface area (Å²) in [5.74, 6) is -0.927. The minimum Gasteiger partial charge on any atom is -0.464 e. The van der Waals surface area contributed by atoms with E-state index < -0.39 is 17.6 Å². The van der Waals surface area contributed by atoms with Crippen LogP contribution < -0.4 is 0 Å². The fraction of sp³-hybridized carbons (Fsp3) is 0.0909. The van der Waals surface area contributed by atoms with Gasteiger partial charge in [-0.3, -0.25) is 0 Å². The fourth-order valence-corrected chi connectivity index (χ4v) is 2.10. The summed E-state index contributed by atoms with van der Waals surface area (Å²) >= 11 is 2.91. The van der Waals surface area contributed by atoms with Crippen molar-refractivity contribution in [1.29, 1.82) is 0 Å². The molecule has 1 nitrogen and oxygen atoms in total. The summed E-state index contributed by atoms with van der Waals surface area (Å²) in [7, 11) is 0. The van der Waals surface area contributed by atoms with Crippen molar-refractivity contribution in [2.75, 3.05) is 0 Å². The first-order chi connectivity index (χ1) is 7.89. The molecule has 6 heteroatoms. The van der Waals surface area contributed by atoms with E-state index in [1.165, 1.54) is 18.4 Å². The van der Waals surface area contributed by atoms with Crippen molar-refractivity contribution in [1.82, 2.24) is 0 Å². The van der Waals surface area contributed by atoms with E-state index in [4.69, 9.17) is 4.42 Å². The maximum absolute atomic E-state index is 13.0. The van der Waals surface area contributed by atoms with Crippen LogP contribution in [0.15, 0.2) is 39.4 Å². The lowest BCUT2D eigenvalue weighted by molar-refractivity contribution is -0.137. The van der Waals surface area contributed by atoms with Crippen LogP contribution in [0.5, 0.6) is 0 Å². The molecule has 0 aliphatic heterocycles. The predicted octanol–water partition coefficient (Wildman–Crippen LogP) is 4.87. The Balaban J connectivity index is 2.73. The third kappa shape index (κ3) is 2.36. The van der Waals surface area contributed by atoms with Gasteiger partial charge in [0.15, 0.2) is 0 Å². The molecule has 0 fully saturated rings. The van der Waals surface area contributed by atoms with Gasteiger partial charge < -0.3 is 4.42 Å². The molecule has 1 heterocycles. The molecule has 0 unspecified atom stereocenters. The van der Waals surface area contributed by atoms with E-state index in [0.29, 0.717) is 6.07 Å². The number of halogens is 5. The minimum absolute atomic E-state index is 0.000208. The van der Waals surface area contributed by atoms with E-state index in [1.807, 2.05) is 0 Å². The standard InChI is InChI=1S/C11H5BrF4O/c12-8-5-6(13)4-7(11(14,15)16)10(8)9-2-1-3-17-9/h1-5H. The van der Waals surface area contributed by atoms with Crippen molar-refractivity contribution < 1.29 is 22.0 Å². The van der Waals surface area contributed by atoms with Gasteiger partial charge in [-0.05, 0) is 40.2 Å². The number of benzene rings is 1. The smallest absolute Gasteiger partial charge is 0.417 e. The van der Waals surface area contributed by atoms with Crippen LogP contribution in [0.2, 0.25) is 0 Å². The third-order valence-corrected chi connectivity index (χ3v) is 2.75. The largest absolute Gasteiger partial charge is 0.464 e. The summed E-state index contributed by atoms with van der Waals surface area (Å²) in [6.45, 7) is 0. The van der Waals surface area contributed by atoms with Crippen LogP contribution in [0.1, 0.15) is 5.56 Å². The lowest BCUT2D eigenvalue weighted by atomic mass is 10.0. The molecule has 0 aliphatic carbocycles. The molecular formula is C11H5BrF4O. The molecule has 0 saturated carbocycles. The lowest BCUT2D eigenvalue weighted by Crippen LogP contribution is -2.08. The second-order valence-corrected chi connectivity index (χ2v) is 4.14. The van der Waals surface area contributed by atoms with E-state index in [-0.39, 0.29) is 15.8 Å². The molecule has 2 aromatic rings. The van der Waals surface area contributed by atoms with E-state index in [9.17, 15) is 17.6 Å². The highest BCUT2D eigenvalue weighted by Crippen LogP contribution is 2.41. The Morgan fingerprint density at radius 3 is 2.41 bits per heavy atom. The monoisotopic (exact) mass is 308 g/mol. The average molecular weight is 309 g/mol. The normalized spacial score (nSPS) is 11.8. The number of hydrogen-bond acceptors (Lipinski definition) is 1. The van der Waals surface area contributed by atoms with Crippen LogP contribution in [-0.2, 0) is 6.18 Å². The van der Waals surface area contributed by atoms with Gasteiger partial charge in [0.1, 0.15) is 11.6 Å². The van der Waals surface area contributed by atoms with Gasteiger partial charge in [-0.1, -0.05) is 0 Å². The first kappa shape index (κ1) is 12.2. The van der Waals surface area contributed by atoms with E-state index >= 15 is 0 Å². The van der Waals surface area contributed by atoms with E-state index in [2.05, 4.69) is 15.9 Å². The Kier molecular flexibility index (Phi) is 2.99. The van der Waals surface area contributed by atoms with Gasteiger partial charge in [0.05, 0.1) is 11.8 Å². The number of rotatable bonds is 1. The third-order valence-electron chi connectivity index (χ3n) is 2.13. The van der Waals surface area contributed by atoms with Crippen molar-refractivity contribution >= 4 is 15.9 Å². The molecule has 0 spiro atoms. The summed E-state index contributed by atoms with van der Waals surface area (Å²) in [4.78, 5) is 0. The van der Waals surface area contributed by atoms with Crippen LogP contribution in [0.25, 0.3) is 11.3 Å². The molecule has 0 atom stereocenters. The quantitative estimate of drug-likeness (QED) is 0.685. The molecule has 0 aliphatic rings. The van der Waals surface area contributed by atoms with Crippen LogP contribution >= 0.6 is 15.9 Å². The number of alkyl halides is 3. The zero-order valence-corrected chi connectivity index (χ0v) is 9.77. The van der Waals surface area contributed by atoms with Crippen molar-refractivity contribution in [3.05, 3.63) is 46.4 Å². The molecule has 0 saturated heterocycles. The Morgan fingerprint density at radius 1 is 1.18 bits per heavy atom. The molecule has 1 aromatic carbocycles. The Bertz CT molecular complexity index is 531. The van der Waals surface area contributed by atoms with Gasteiger partial charge in [0, 0.05) is 10.0 Å². The Morgan fingerprint density at radius 2 is 1.88 bits per heavy atom. The maximum atomic E-state index is 13.0. The molecule has 0 radical (unpaired) electrons. The summed E-state index contributed by atoms with van der Waals surface area (Å²) in [5.41, 5.74) is -1.27. The molecule has 90 valence electrons. The van der Waals surface area contributed by atoms with Crippen LogP contribution in [0.4, 0.5) is 17.6 Å². The van der Waals surface area contributed by atoms with Gasteiger partial charge in [-0.2, -0.15) is 13.2 Å². The van der Waals surface area contributed by atoms with Crippen molar-refractivity contribution in [3.63, 3.8) is 0 Å². The topological polar surface area (TPSA) is 13.1 Å². The molecule has 17 heavy (non-hydrogen) atoms. The van der Waals surface area contributed by atoms with Gasteiger partial charge in [-0.15, -0.1) is 0 Å². The lowest BCUT2D eigenvalue weighted by Gasteiger charge is -2.13. The Hall–Kier alpha value is -1.30. The first-order valence-corrected chi connectivity index (χ1v) is 5.29. The second kappa shape index (κ2) is 4.18. The van der Waals surface area contributed by atoms with Gasteiger partial charge in [-0.25, -0.2) is 4.39 Å². The SMILES string of the molecule is Fc1cc(Br)c(-c2ccco2)c(C(F)(F)F)c1. The van der Waals surface area contributed by atoms with Gasteiger partial charge in [0.2, 0.25) is 0 Å². The highest BCUT2D eigenvalue weighted by Gasteiger charge is 2.36. The van der Waals surface area contributed by atoms with E-state index in [1.54, 1.807) is 0 Å². The fourth-order valence-electron chi connectivity index (χ4n) is 1.47. The van der Waals surface area contributed by atoms with Crippen LogP contribution in [0.3, 0.4) is 0 Å². The first-order valence-electron chi connectivity index (χ1n) is 4.49. The number of hydrogen-bond donors (Lipinski definition) is 0. The Labute approximate surface area is 102 Å². The summed E-state index contributed by atoms with van der Waals surface area (Å²) < 4.78 is 56.3. The summed E-state index contributed by atoms with van der Waals surface area (Å²) in [6, 6.07) is 4.26. The predicted molar refractivity (Wildman–Crippen MR) is 56.8 cm³/mol. The maximum Gasteiger partial charge on any atom is 0.417 e. The van der Waals surface area contributed by atoms with Crippen LogP contribution in [-0.4, -0.2) is 0 Å². The minimum atomic E-state index is -4.65. The molecule has 0 bridgehead atoms. The molecule has 1 aromatic heterocycles. The molecule has 0 N–H and O–H groups in total. The van der Waals surface area contributed by atoms with Crippen molar-refractivity contribution in [2.24, 2.45) is 0 Å². The average Bonchev–Trinajstić information content (AvgIpc) is 2.67. The molecule has 0 amide bonds. The second-order valence-electron chi connectivity index (χ2n) is 3.29. The van der Waals surface area contributed by atoms with Crippen molar-refractivity contribution in [2.45, 2.75) is 6.18 Å². The zero-order valence-electron chi connectivity index (χ0n) is 8.18. The highest BCUT2D eigenvalue weighted by molar-refractivity contribution is 9.10. The zero-order chi connectivity index (χ0) is 12.6. The summed E-state index contributed by atoms with van der Waals surface area (Å²) in [6.07, 6.45) is -3.39. The van der Waals surface area contributed by atoms with Crippen LogP contribution in [0, 0.1) is 5.82 Å². The summed E-state index contributed by atoms with van der Waals surface area (Å²) in [5, 5.41) is 0. The van der Waals surface area contributed by atoms with Gasteiger partial charge >= 0.3 is 6.18 Å². The molecular weight excluding hydrogens is 304 g/mol. The number of furan rings is 1. The molecule has 2 rings (SSSR count).